The Hall–Kier alpha value is -3.19. The van der Waals surface area contributed by atoms with Crippen molar-refractivity contribution in [1.29, 1.82) is 0 Å². The highest BCUT2D eigenvalue weighted by Gasteiger charge is 2.10. The number of rotatable bonds is 7. The average Bonchev–Trinajstić information content (AvgIpc) is 2.68. The number of amides is 1. The van der Waals surface area contributed by atoms with Crippen LogP contribution in [0.2, 0.25) is 0 Å². The molecule has 2 N–H and O–H groups in total. The van der Waals surface area contributed by atoms with Gasteiger partial charge in [-0.05, 0) is 55.0 Å². The molecule has 28 heavy (non-hydrogen) atoms. The molecule has 0 spiro atoms. The lowest BCUT2D eigenvalue weighted by molar-refractivity contribution is 0.0947. The molecule has 3 aromatic rings. The van der Waals surface area contributed by atoms with Crippen LogP contribution in [0, 0.1) is 11.7 Å². The lowest BCUT2D eigenvalue weighted by Gasteiger charge is -2.09. The van der Waals surface area contributed by atoms with Crippen molar-refractivity contribution >= 4 is 29.0 Å². The number of carbonyl (C=O) groups excluding carboxylic acids is 1. The number of nitrogens with zero attached hydrogens (tertiary/aromatic N) is 1. The number of hydrogen-bond donors (Lipinski definition) is 2. The number of aromatic nitrogens is 2. The molecule has 144 valence electrons. The van der Waals surface area contributed by atoms with Gasteiger partial charge in [-0.3, -0.25) is 14.2 Å². The second-order valence-electron chi connectivity index (χ2n) is 6.32. The maximum absolute atomic E-state index is 12.5. The third-order valence-corrected chi connectivity index (χ3v) is 4.52. The molecule has 3 rings (SSSR count). The summed E-state index contributed by atoms with van der Waals surface area (Å²) in [6, 6.07) is 12.6. The lowest BCUT2D eigenvalue weighted by atomic mass is 10.1. The Labute approximate surface area is 167 Å². The van der Waals surface area contributed by atoms with Crippen molar-refractivity contribution < 1.29 is 9.53 Å². The summed E-state index contributed by atoms with van der Waals surface area (Å²) in [5, 5.41) is 3.28. The first-order valence-electron chi connectivity index (χ1n) is 8.85. The molecule has 0 saturated heterocycles. The summed E-state index contributed by atoms with van der Waals surface area (Å²) in [4.78, 5) is 27.9. The highest BCUT2D eigenvalue weighted by atomic mass is 32.1. The van der Waals surface area contributed by atoms with Gasteiger partial charge < -0.3 is 15.0 Å². The van der Waals surface area contributed by atoms with Crippen LogP contribution in [0.5, 0.6) is 5.75 Å². The highest BCUT2D eigenvalue weighted by Crippen LogP contribution is 2.12. The van der Waals surface area contributed by atoms with E-state index in [1.54, 1.807) is 24.3 Å². The highest BCUT2D eigenvalue weighted by molar-refractivity contribution is 7.71. The van der Waals surface area contributed by atoms with Crippen molar-refractivity contribution in [2.45, 2.75) is 13.5 Å². The minimum Gasteiger partial charge on any atom is -0.492 e. The summed E-state index contributed by atoms with van der Waals surface area (Å²) >= 11 is 5.23. The molecule has 1 amide bonds. The molecule has 0 aliphatic rings. The van der Waals surface area contributed by atoms with E-state index in [9.17, 15) is 9.59 Å². The Bertz CT molecular complexity index is 1150. The number of fused-ring (bicyclic) bond motifs is 1. The Morgan fingerprint density at radius 3 is 2.89 bits per heavy atom. The molecule has 1 heterocycles. The molecule has 1 aromatic heterocycles. The number of H-pyrrole nitrogens is 1. The Balaban J connectivity index is 1.68. The first-order chi connectivity index (χ1) is 13.5. The van der Waals surface area contributed by atoms with Gasteiger partial charge in [-0.25, -0.2) is 0 Å². The van der Waals surface area contributed by atoms with Gasteiger partial charge in [0, 0.05) is 12.1 Å². The molecule has 7 heteroatoms. The van der Waals surface area contributed by atoms with Gasteiger partial charge in [0.05, 0.1) is 17.4 Å². The van der Waals surface area contributed by atoms with Gasteiger partial charge in [0.2, 0.25) is 0 Å². The minimum atomic E-state index is -0.246. The number of hydrogen-bond acceptors (Lipinski definition) is 4. The first-order valence-corrected chi connectivity index (χ1v) is 9.26. The topological polar surface area (TPSA) is 76.1 Å². The molecule has 0 atom stereocenters. The second-order valence-corrected chi connectivity index (χ2v) is 6.70. The standard InChI is InChI=1S/C21H21N3O3S/c1-3-10-24-20(26)17-8-7-15(13-18(17)23-21(24)28)19(25)22-9-11-27-16-6-4-5-14(2)12-16/h3-8,12-13H,1,9-11H2,2H3,(H,22,25)(H,23,28). The Kier molecular flexibility index (Phi) is 6.06. The van der Waals surface area contributed by atoms with Crippen LogP contribution in [0.1, 0.15) is 15.9 Å². The summed E-state index contributed by atoms with van der Waals surface area (Å²) in [6.07, 6.45) is 1.61. The zero-order valence-corrected chi connectivity index (χ0v) is 16.3. The third-order valence-electron chi connectivity index (χ3n) is 4.20. The van der Waals surface area contributed by atoms with Crippen LogP contribution in [0.15, 0.2) is 59.9 Å². The van der Waals surface area contributed by atoms with Gasteiger partial charge in [-0.2, -0.15) is 0 Å². The smallest absolute Gasteiger partial charge is 0.262 e. The number of benzene rings is 2. The average molecular weight is 395 g/mol. The molecule has 0 unspecified atom stereocenters. The third kappa shape index (κ3) is 4.37. The van der Waals surface area contributed by atoms with Crippen molar-refractivity contribution in [2.24, 2.45) is 0 Å². The van der Waals surface area contributed by atoms with Crippen molar-refractivity contribution in [2.75, 3.05) is 13.2 Å². The van der Waals surface area contributed by atoms with Crippen LogP contribution in [0.3, 0.4) is 0 Å². The van der Waals surface area contributed by atoms with E-state index in [2.05, 4.69) is 16.9 Å². The molecule has 2 aromatic carbocycles. The van der Waals surface area contributed by atoms with E-state index in [4.69, 9.17) is 17.0 Å². The monoisotopic (exact) mass is 395 g/mol. The van der Waals surface area contributed by atoms with Crippen LogP contribution >= 0.6 is 12.2 Å². The van der Waals surface area contributed by atoms with Crippen molar-refractivity contribution in [1.82, 2.24) is 14.9 Å². The molecule has 0 fully saturated rings. The molecule has 0 aliphatic heterocycles. The molecular weight excluding hydrogens is 374 g/mol. The number of ether oxygens (including phenoxy) is 1. The number of aryl methyl sites for hydroxylation is 1. The predicted molar refractivity (Wildman–Crippen MR) is 113 cm³/mol. The number of carbonyl (C=O) groups is 1. The van der Waals surface area contributed by atoms with Crippen molar-refractivity contribution in [3.63, 3.8) is 0 Å². The van der Waals surface area contributed by atoms with Crippen molar-refractivity contribution in [3.05, 3.63) is 81.4 Å². The fourth-order valence-corrected chi connectivity index (χ4v) is 3.10. The largest absolute Gasteiger partial charge is 0.492 e. The van der Waals surface area contributed by atoms with E-state index < -0.39 is 0 Å². The Morgan fingerprint density at radius 1 is 1.32 bits per heavy atom. The summed E-state index contributed by atoms with van der Waals surface area (Å²) < 4.78 is 7.34. The molecule has 6 nitrogen and oxygen atoms in total. The van der Waals surface area contributed by atoms with Gasteiger partial charge in [-0.1, -0.05) is 18.2 Å². The molecular formula is C21H21N3O3S. The summed E-state index contributed by atoms with van der Waals surface area (Å²) in [5.74, 6) is 0.521. The Morgan fingerprint density at radius 2 is 2.14 bits per heavy atom. The van der Waals surface area contributed by atoms with E-state index in [1.165, 1.54) is 4.57 Å². The van der Waals surface area contributed by atoms with E-state index in [1.807, 2.05) is 31.2 Å². The molecule has 0 bridgehead atoms. The van der Waals surface area contributed by atoms with Gasteiger partial charge in [0.25, 0.3) is 11.5 Å². The van der Waals surface area contributed by atoms with E-state index in [0.717, 1.165) is 11.3 Å². The molecule has 0 saturated carbocycles. The van der Waals surface area contributed by atoms with Crippen LogP contribution in [-0.2, 0) is 6.54 Å². The van der Waals surface area contributed by atoms with Crippen LogP contribution < -0.4 is 15.6 Å². The molecule has 0 aliphatic carbocycles. The lowest BCUT2D eigenvalue weighted by Crippen LogP contribution is -2.28. The predicted octanol–water partition coefficient (Wildman–Crippen LogP) is 3.36. The zero-order chi connectivity index (χ0) is 20.1. The van der Waals surface area contributed by atoms with Crippen molar-refractivity contribution in [3.8, 4) is 5.75 Å². The summed E-state index contributed by atoms with van der Waals surface area (Å²) in [6.45, 7) is 6.67. The SMILES string of the molecule is C=CCn1c(=S)[nH]c2cc(C(=O)NCCOc3cccc(C)c3)ccc2c1=O. The maximum Gasteiger partial charge on any atom is 0.262 e. The second kappa shape index (κ2) is 8.67. The van der Waals surface area contributed by atoms with Gasteiger partial charge >= 0.3 is 0 Å². The first kappa shape index (κ1) is 19.6. The summed E-state index contributed by atoms with van der Waals surface area (Å²) in [7, 11) is 0. The molecule has 0 radical (unpaired) electrons. The van der Waals surface area contributed by atoms with Gasteiger partial charge in [0.1, 0.15) is 12.4 Å². The van der Waals surface area contributed by atoms with Crippen LogP contribution in [-0.4, -0.2) is 28.6 Å². The van der Waals surface area contributed by atoms with Crippen LogP contribution in [0.4, 0.5) is 0 Å². The fraction of sp³-hybridized carbons (Fsp3) is 0.190. The van der Waals surface area contributed by atoms with Gasteiger partial charge in [0.15, 0.2) is 4.77 Å². The van der Waals surface area contributed by atoms with E-state index >= 15 is 0 Å². The minimum absolute atomic E-state index is 0.211. The quantitative estimate of drug-likeness (QED) is 0.365. The fourth-order valence-electron chi connectivity index (χ4n) is 2.83. The van der Waals surface area contributed by atoms with E-state index in [0.29, 0.717) is 40.9 Å². The summed E-state index contributed by atoms with van der Waals surface area (Å²) in [5.41, 5.74) is 1.87. The van der Waals surface area contributed by atoms with Gasteiger partial charge in [-0.15, -0.1) is 6.58 Å². The van der Waals surface area contributed by atoms with E-state index in [-0.39, 0.29) is 11.5 Å². The number of aromatic amines is 1. The number of nitrogens with one attached hydrogen (secondary N) is 2. The normalized spacial score (nSPS) is 10.6. The maximum atomic E-state index is 12.5. The number of allylic oxidation sites excluding steroid dienone is 1. The van der Waals surface area contributed by atoms with Crippen LogP contribution in [0.25, 0.3) is 10.9 Å². The zero-order valence-electron chi connectivity index (χ0n) is 15.5.